The smallest absolute Gasteiger partial charge is 0.141 e. The Bertz CT molecular complexity index is 588. The molecule has 1 heterocycles. The van der Waals surface area contributed by atoms with Gasteiger partial charge in [0.1, 0.15) is 24.0 Å². The Morgan fingerprint density at radius 1 is 1.20 bits per heavy atom. The highest BCUT2D eigenvalue weighted by Gasteiger charge is 2.08. The molecule has 0 spiro atoms. The number of ether oxygens (including phenoxy) is 1. The topological polar surface area (TPSA) is 48.1 Å². The second-order valence-corrected chi connectivity index (χ2v) is 4.73. The number of hydrogen-bond acceptors (Lipinski definition) is 3. The molecule has 0 amide bonds. The van der Waals surface area contributed by atoms with Crippen molar-refractivity contribution in [1.29, 1.82) is 0 Å². The molecule has 1 atom stereocenters. The number of benzene rings is 1. The van der Waals surface area contributed by atoms with Crippen LogP contribution in [-0.2, 0) is 13.0 Å². The first kappa shape index (κ1) is 14.4. The molecule has 0 bridgehead atoms. The van der Waals surface area contributed by atoms with Crippen LogP contribution in [0.4, 0.5) is 8.78 Å². The van der Waals surface area contributed by atoms with Gasteiger partial charge in [-0.1, -0.05) is 0 Å². The van der Waals surface area contributed by atoms with E-state index < -0.39 is 5.82 Å². The van der Waals surface area contributed by atoms with Gasteiger partial charge in [-0.05, 0) is 43.2 Å². The van der Waals surface area contributed by atoms with E-state index in [1.807, 2.05) is 6.92 Å². The molecule has 0 fully saturated rings. The number of pyridine rings is 1. The van der Waals surface area contributed by atoms with Crippen molar-refractivity contribution >= 4 is 0 Å². The minimum atomic E-state index is -0.416. The third-order valence-electron chi connectivity index (χ3n) is 2.72. The molecule has 0 saturated carbocycles. The highest BCUT2D eigenvalue weighted by atomic mass is 19.1. The molecule has 0 saturated heterocycles. The Kier molecular flexibility index (Phi) is 4.63. The molecule has 0 aliphatic carbocycles. The van der Waals surface area contributed by atoms with Gasteiger partial charge in [-0.2, -0.15) is 0 Å². The summed E-state index contributed by atoms with van der Waals surface area (Å²) in [4.78, 5) is 3.75. The Morgan fingerprint density at radius 3 is 2.70 bits per heavy atom. The van der Waals surface area contributed by atoms with E-state index in [2.05, 4.69) is 4.98 Å². The summed E-state index contributed by atoms with van der Waals surface area (Å²) in [6.45, 7) is 2.01. The summed E-state index contributed by atoms with van der Waals surface area (Å²) in [5, 5.41) is 0. The van der Waals surface area contributed by atoms with E-state index in [1.165, 1.54) is 24.4 Å². The Morgan fingerprint density at radius 2 is 2.00 bits per heavy atom. The highest BCUT2D eigenvalue weighted by Crippen LogP contribution is 2.22. The van der Waals surface area contributed by atoms with Crippen LogP contribution in [0.15, 0.2) is 36.7 Å². The molecule has 2 aromatic rings. The van der Waals surface area contributed by atoms with Gasteiger partial charge < -0.3 is 10.5 Å². The first-order chi connectivity index (χ1) is 9.54. The molecule has 0 aliphatic rings. The quantitative estimate of drug-likeness (QED) is 0.915. The van der Waals surface area contributed by atoms with Crippen molar-refractivity contribution in [2.24, 2.45) is 5.73 Å². The number of halogens is 2. The lowest BCUT2D eigenvalue weighted by atomic mass is 10.1. The van der Waals surface area contributed by atoms with Crippen LogP contribution in [0, 0.1) is 11.6 Å². The minimum absolute atomic E-state index is 0.102. The molecule has 5 heteroatoms. The predicted octanol–water partition coefficient (Wildman–Crippen LogP) is 2.83. The molecular weight excluding hydrogens is 262 g/mol. The number of rotatable bonds is 5. The standard InChI is InChI=1S/C15H16F2N2O/c1-10(18)4-12-6-13(16)2-3-15(12)20-9-11-5-14(17)8-19-7-11/h2-3,5-8,10H,4,9,18H2,1H3. The van der Waals surface area contributed by atoms with E-state index in [0.717, 1.165) is 6.20 Å². The molecule has 1 aromatic carbocycles. The average molecular weight is 278 g/mol. The molecule has 2 rings (SSSR count). The van der Waals surface area contributed by atoms with Crippen LogP contribution in [0.25, 0.3) is 0 Å². The molecule has 1 unspecified atom stereocenters. The SMILES string of the molecule is CC(N)Cc1cc(F)ccc1OCc1cncc(F)c1. The third-order valence-corrected chi connectivity index (χ3v) is 2.72. The van der Waals surface area contributed by atoms with Crippen LogP contribution in [0.5, 0.6) is 5.75 Å². The number of aromatic nitrogens is 1. The molecule has 3 nitrogen and oxygen atoms in total. The first-order valence-electron chi connectivity index (χ1n) is 6.31. The summed E-state index contributed by atoms with van der Waals surface area (Å²) in [7, 11) is 0. The first-order valence-corrected chi connectivity index (χ1v) is 6.31. The molecule has 2 N–H and O–H groups in total. The van der Waals surface area contributed by atoms with Crippen molar-refractivity contribution in [2.45, 2.75) is 26.0 Å². The van der Waals surface area contributed by atoms with Crippen molar-refractivity contribution in [2.75, 3.05) is 0 Å². The summed E-state index contributed by atoms with van der Waals surface area (Å²) in [5.41, 5.74) is 7.04. The van der Waals surface area contributed by atoms with Crippen molar-refractivity contribution in [1.82, 2.24) is 4.98 Å². The van der Waals surface area contributed by atoms with E-state index in [4.69, 9.17) is 10.5 Å². The van der Waals surface area contributed by atoms with Crippen LogP contribution >= 0.6 is 0 Å². The predicted molar refractivity (Wildman–Crippen MR) is 72.3 cm³/mol. The second-order valence-electron chi connectivity index (χ2n) is 4.73. The van der Waals surface area contributed by atoms with Crippen LogP contribution < -0.4 is 10.5 Å². The zero-order valence-electron chi connectivity index (χ0n) is 11.1. The molecule has 20 heavy (non-hydrogen) atoms. The third kappa shape index (κ3) is 3.99. The molecule has 106 valence electrons. The van der Waals surface area contributed by atoms with Crippen LogP contribution in [-0.4, -0.2) is 11.0 Å². The van der Waals surface area contributed by atoms with Crippen molar-refractivity contribution < 1.29 is 13.5 Å². The summed E-state index contributed by atoms with van der Waals surface area (Å²) in [5.74, 6) is -0.200. The maximum Gasteiger partial charge on any atom is 0.141 e. The normalized spacial score (nSPS) is 12.2. The van der Waals surface area contributed by atoms with Gasteiger partial charge in [-0.25, -0.2) is 8.78 Å². The van der Waals surface area contributed by atoms with Crippen molar-refractivity contribution in [3.63, 3.8) is 0 Å². The fraction of sp³-hybridized carbons (Fsp3) is 0.267. The fourth-order valence-electron chi connectivity index (χ4n) is 1.89. The Hall–Kier alpha value is -2.01. The van der Waals surface area contributed by atoms with Crippen LogP contribution in [0.3, 0.4) is 0 Å². The zero-order chi connectivity index (χ0) is 14.5. The Labute approximate surface area is 116 Å². The number of nitrogens with zero attached hydrogens (tertiary/aromatic N) is 1. The van der Waals surface area contributed by atoms with Gasteiger partial charge in [0.05, 0.1) is 6.20 Å². The summed E-state index contributed by atoms with van der Waals surface area (Å²) < 4.78 is 31.9. The van der Waals surface area contributed by atoms with Crippen molar-refractivity contribution in [3.8, 4) is 5.75 Å². The van der Waals surface area contributed by atoms with Gasteiger partial charge in [-0.15, -0.1) is 0 Å². The zero-order valence-corrected chi connectivity index (χ0v) is 11.1. The van der Waals surface area contributed by atoms with Gasteiger partial charge >= 0.3 is 0 Å². The van der Waals surface area contributed by atoms with Gasteiger partial charge in [0, 0.05) is 17.8 Å². The lowest BCUT2D eigenvalue weighted by Gasteiger charge is -2.13. The van der Waals surface area contributed by atoms with E-state index in [0.29, 0.717) is 23.3 Å². The average Bonchev–Trinajstić information content (AvgIpc) is 2.37. The highest BCUT2D eigenvalue weighted by molar-refractivity contribution is 5.34. The monoisotopic (exact) mass is 278 g/mol. The molecule has 0 aliphatic heterocycles. The van der Waals surface area contributed by atoms with Crippen LogP contribution in [0.2, 0.25) is 0 Å². The largest absolute Gasteiger partial charge is 0.489 e. The summed E-state index contributed by atoms with van der Waals surface area (Å²) in [6, 6.07) is 5.53. The number of nitrogens with two attached hydrogens (primary N) is 1. The molecule has 0 radical (unpaired) electrons. The fourth-order valence-corrected chi connectivity index (χ4v) is 1.89. The van der Waals surface area contributed by atoms with Gasteiger partial charge in [-0.3, -0.25) is 4.98 Å². The van der Waals surface area contributed by atoms with E-state index >= 15 is 0 Å². The lowest BCUT2D eigenvalue weighted by molar-refractivity contribution is 0.300. The number of hydrogen-bond donors (Lipinski definition) is 1. The minimum Gasteiger partial charge on any atom is -0.489 e. The maximum atomic E-state index is 13.3. The van der Waals surface area contributed by atoms with E-state index in [-0.39, 0.29) is 18.5 Å². The summed E-state index contributed by atoms with van der Waals surface area (Å²) in [6.07, 6.45) is 3.16. The molecule has 1 aromatic heterocycles. The lowest BCUT2D eigenvalue weighted by Crippen LogP contribution is -2.18. The second kappa shape index (κ2) is 6.43. The van der Waals surface area contributed by atoms with Gasteiger partial charge in [0.15, 0.2) is 0 Å². The van der Waals surface area contributed by atoms with E-state index in [1.54, 1.807) is 6.07 Å². The van der Waals surface area contributed by atoms with Crippen molar-refractivity contribution in [3.05, 3.63) is 59.4 Å². The van der Waals surface area contributed by atoms with E-state index in [9.17, 15) is 8.78 Å². The van der Waals surface area contributed by atoms with Gasteiger partial charge in [0.2, 0.25) is 0 Å². The molecular formula is C15H16F2N2O. The summed E-state index contributed by atoms with van der Waals surface area (Å²) >= 11 is 0. The Balaban J connectivity index is 2.12. The van der Waals surface area contributed by atoms with Crippen LogP contribution in [0.1, 0.15) is 18.1 Å². The maximum absolute atomic E-state index is 13.3. The van der Waals surface area contributed by atoms with Gasteiger partial charge in [0.25, 0.3) is 0 Å².